The third kappa shape index (κ3) is 3.19. The van der Waals surface area contributed by atoms with Gasteiger partial charge in [-0.05, 0) is 38.8 Å². The predicted octanol–water partition coefficient (Wildman–Crippen LogP) is 3.49. The van der Waals surface area contributed by atoms with Gasteiger partial charge in [-0.2, -0.15) is 0 Å². The lowest BCUT2D eigenvalue weighted by atomic mass is 10.1. The zero-order chi connectivity index (χ0) is 13.2. The number of anilines is 1. The van der Waals surface area contributed by atoms with Gasteiger partial charge in [-0.25, -0.2) is 4.79 Å². The minimum Gasteiger partial charge on any atom is -0.465 e. The van der Waals surface area contributed by atoms with E-state index in [4.69, 9.17) is 0 Å². The molecule has 0 atom stereocenters. The summed E-state index contributed by atoms with van der Waals surface area (Å²) in [4.78, 5) is 16.9. The Bertz CT molecular complexity index is 391. The van der Waals surface area contributed by atoms with Gasteiger partial charge in [-0.15, -0.1) is 0 Å². The Labute approximate surface area is 102 Å². The number of carboxylic acid groups (broad SMARTS) is 1. The van der Waals surface area contributed by atoms with Gasteiger partial charge in [0.1, 0.15) is 0 Å². The quantitative estimate of drug-likeness (QED) is 0.855. The Kier molecular flexibility index (Phi) is 3.76. The Morgan fingerprint density at radius 1 is 1.35 bits per heavy atom. The van der Waals surface area contributed by atoms with Crippen LogP contribution >= 0.6 is 0 Å². The maximum Gasteiger partial charge on any atom is 0.412 e. The molecule has 1 aromatic heterocycles. The van der Waals surface area contributed by atoms with Crippen LogP contribution in [0.3, 0.4) is 0 Å². The molecule has 1 aromatic rings. The van der Waals surface area contributed by atoms with E-state index in [-0.39, 0.29) is 0 Å². The summed E-state index contributed by atoms with van der Waals surface area (Å²) in [7, 11) is 0. The van der Waals surface area contributed by atoms with E-state index >= 15 is 0 Å². The molecule has 0 unspecified atom stereocenters. The summed E-state index contributed by atoms with van der Waals surface area (Å²) in [5.41, 5.74) is 1.09. The van der Waals surface area contributed by atoms with E-state index in [1.807, 2.05) is 32.9 Å². The highest BCUT2D eigenvalue weighted by Crippen LogP contribution is 2.24. The van der Waals surface area contributed by atoms with Crippen molar-refractivity contribution in [3.05, 3.63) is 24.0 Å². The molecule has 4 heteroatoms. The second kappa shape index (κ2) is 4.73. The van der Waals surface area contributed by atoms with Crippen molar-refractivity contribution >= 4 is 11.8 Å². The molecule has 0 aliphatic carbocycles. The Morgan fingerprint density at radius 2 is 1.94 bits per heavy atom. The molecule has 1 N–H and O–H groups in total. The summed E-state index contributed by atoms with van der Waals surface area (Å²) in [6.45, 7) is 9.69. The molecule has 1 heterocycles. The monoisotopic (exact) mass is 236 g/mol. The summed E-state index contributed by atoms with van der Waals surface area (Å²) >= 11 is 0. The van der Waals surface area contributed by atoms with Crippen molar-refractivity contribution in [2.24, 2.45) is 0 Å². The van der Waals surface area contributed by atoms with Crippen molar-refractivity contribution < 1.29 is 9.90 Å². The van der Waals surface area contributed by atoms with Crippen molar-refractivity contribution in [1.82, 2.24) is 4.98 Å². The standard InChI is InChI=1S/C13H20N2O2/c1-9(2)11-7-6-10(8-14-11)15(12(16)17)13(3,4)5/h6-9H,1-5H3,(H,16,17). The lowest BCUT2D eigenvalue weighted by molar-refractivity contribution is 0.195. The highest BCUT2D eigenvalue weighted by atomic mass is 16.4. The molecule has 0 aliphatic heterocycles. The molecule has 0 bridgehead atoms. The average molecular weight is 236 g/mol. The Balaban J connectivity index is 3.09. The molecular weight excluding hydrogens is 216 g/mol. The van der Waals surface area contributed by atoms with E-state index < -0.39 is 11.6 Å². The number of pyridine rings is 1. The van der Waals surface area contributed by atoms with Gasteiger partial charge in [0.2, 0.25) is 0 Å². The van der Waals surface area contributed by atoms with E-state index in [0.29, 0.717) is 11.6 Å². The topological polar surface area (TPSA) is 53.4 Å². The van der Waals surface area contributed by atoms with Crippen molar-refractivity contribution in [1.29, 1.82) is 0 Å². The van der Waals surface area contributed by atoms with Crippen LogP contribution in [0, 0.1) is 0 Å². The summed E-state index contributed by atoms with van der Waals surface area (Å²) in [6, 6.07) is 3.68. The number of aromatic nitrogens is 1. The predicted molar refractivity (Wildman–Crippen MR) is 68.6 cm³/mol. The normalized spacial score (nSPS) is 11.6. The number of carbonyl (C=O) groups is 1. The molecule has 94 valence electrons. The minimum absolute atomic E-state index is 0.344. The summed E-state index contributed by atoms with van der Waals surface area (Å²) < 4.78 is 0. The van der Waals surface area contributed by atoms with E-state index in [9.17, 15) is 9.90 Å². The van der Waals surface area contributed by atoms with Crippen LogP contribution in [0.4, 0.5) is 10.5 Å². The first-order valence-electron chi connectivity index (χ1n) is 5.72. The fourth-order valence-corrected chi connectivity index (χ4v) is 1.66. The molecule has 1 amide bonds. The van der Waals surface area contributed by atoms with Gasteiger partial charge >= 0.3 is 6.09 Å². The molecule has 17 heavy (non-hydrogen) atoms. The van der Waals surface area contributed by atoms with Crippen LogP contribution in [-0.2, 0) is 0 Å². The van der Waals surface area contributed by atoms with Crippen molar-refractivity contribution in [2.75, 3.05) is 4.90 Å². The van der Waals surface area contributed by atoms with Gasteiger partial charge in [0, 0.05) is 11.2 Å². The van der Waals surface area contributed by atoms with Crippen molar-refractivity contribution in [3.8, 4) is 0 Å². The molecule has 0 aromatic carbocycles. The van der Waals surface area contributed by atoms with Crippen LogP contribution < -0.4 is 4.90 Å². The first kappa shape index (κ1) is 13.5. The average Bonchev–Trinajstić information content (AvgIpc) is 2.15. The Morgan fingerprint density at radius 3 is 2.24 bits per heavy atom. The zero-order valence-corrected chi connectivity index (χ0v) is 11.1. The lowest BCUT2D eigenvalue weighted by Crippen LogP contribution is -2.45. The molecule has 1 rings (SSSR count). The number of rotatable bonds is 2. The van der Waals surface area contributed by atoms with Crippen LogP contribution in [0.1, 0.15) is 46.2 Å². The van der Waals surface area contributed by atoms with Crippen LogP contribution in [0.25, 0.3) is 0 Å². The highest BCUT2D eigenvalue weighted by Gasteiger charge is 2.27. The highest BCUT2D eigenvalue weighted by molar-refractivity contribution is 5.87. The van der Waals surface area contributed by atoms with Gasteiger partial charge in [0.05, 0.1) is 11.9 Å². The second-order valence-electron chi connectivity index (χ2n) is 5.38. The van der Waals surface area contributed by atoms with E-state index in [1.165, 1.54) is 4.90 Å². The number of hydrogen-bond acceptors (Lipinski definition) is 2. The van der Waals surface area contributed by atoms with Crippen LogP contribution in [0.15, 0.2) is 18.3 Å². The number of hydrogen-bond donors (Lipinski definition) is 1. The molecule has 0 saturated heterocycles. The number of amides is 1. The third-order valence-corrected chi connectivity index (χ3v) is 2.48. The van der Waals surface area contributed by atoms with E-state index in [0.717, 1.165) is 5.69 Å². The van der Waals surface area contributed by atoms with Crippen LogP contribution in [0.5, 0.6) is 0 Å². The first-order valence-corrected chi connectivity index (χ1v) is 5.72. The van der Waals surface area contributed by atoms with E-state index in [1.54, 1.807) is 6.20 Å². The largest absolute Gasteiger partial charge is 0.465 e. The van der Waals surface area contributed by atoms with Gasteiger partial charge in [0.25, 0.3) is 0 Å². The Hall–Kier alpha value is -1.58. The second-order valence-corrected chi connectivity index (χ2v) is 5.38. The van der Waals surface area contributed by atoms with Crippen molar-refractivity contribution in [2.45, 2.75) is 46.1 Å². The fraction of sp³-hybridized carbons (Fsp3) is 0.538. The van der Waals surface area contributed by atoms with Gasteiger partial charge < -0.3 is 5.11 Å². The molecule has 0 radical (unpaired) electrons. The maximum atomic E-state index is 11.3. The van der Waals surface area contributed by atoms with Crippen LogP contribution in [0.2, 0.25) is 0 Å². The molecule has 0 saturated carbocycles. The fourth-order valence-electron chi connectivity index (χ4n) is 1.66. The maximum absolute atomic E-state index is 11.3. The molecule has 0 aliphatic rings. The van der Waals surface area contributed by atoms with E-state index in [2.05, 4.69) is 18.8 Å². The number of nitrogens with zero attached hydrogens (tertiary/aromatic N) is 2. The van der Waals surface area contributed by atoms with Gasteiger partial charge in [-0.3, -0.25) is 9.88 Å². The molecule has 0 fully saturated rings. The lowest BCUT2D eigenvalue weighted by Gasteiger charge is -2.32. The first-order chi connectivity index (χ1) is 7.73. The van der Waals surface area contributed by atoms with Gasteiger partial charge in [0.15, 0.2) is 0 Å². The molecular formula is C13H20N2O2. The molecule has 4 nitrogen and oxygen atoms in total. The third-order valence-electron chi connectivity index (χ3n) is 2.48. The van der Waals surface area contributed by atoms with Gasteiger partial charge in [-0.1, -0.05) is 13.8 Å². The summed E-state index contributed by atoms with van der Waals surface area (Å²) in [5, 5.41) is 9.24. The smallest absolute Gasteiger partial charge is 0.412 e. The summed E-state index contributed by atoms with van der Waals surface area (Å²) in [6.07, 6.45) is 0.658. The van der Waals surface area contributed by atoms with Crippen molar-refractivity contribution in [3.63, 3.8) is 0 Å². The summed E-state index contributed by atoms with van der Waals surface area (Å²) in [5.74, 6) is 0.344. The molecule has 0 spiro atoms. The minimum atomic E-state index is -0.961. The zero-order valence-electron chi connectivity index (χ0n) is 11.1. The van der Waals surface area contributed by atoms with Crippen LogP contribution in [-0.4, -0.2) is 21.7 Å². The SMILES string of the molecule is CC(C)c1ccc(N(C(=O)O)C(C)(C)C)cn1.